The van der Waals surface area contributed by atoms with Crippen LogP contribution >= 0.6 is 0 Å². The third kappa shape index (κ3) is 3.07. The number of hydrogen-bond donors (Lipinski definition) is 1. The van der Waals surface area contributed by atoms with Gasteiger partial charge in [0.25, 0.3) is 0 Å². The molecule has 0 saturated carbocycles. The smallest absolute Gasteiger partial charge is 0.243 e. The Morgan fingerprint density at radius 2 is 2.19 bits per heavy atom. The summed E-state index contributed by atoms with van der Waals surface area (Å²) in [7, 11) is 1.77. The molecule has 1 unspecified atom stereocenters. The molecule has 16 heavy (non-hydrogen) atoms. The fourth-order valence-corrected chi connectivity index (χ4v) is 1.65. The van der Waals surface area contributed by atoms with Gasteiger partial charge in [-0.3, -0.25) is 4.79 Å². The summed E-state index contributed by atoms with van der Waals surface area (Å²) >= 11 is 0. The van der Waals surface area contributed by atoms with Crippen molar-refractivity contribution in [3.05, 3.63) is 29.8 Å². The maximum absolute atomic E-state index is 11.9. The van der Waals surface area contributed by atoms with Gasteiger partial charge < -0.3 is 10.6 Å². The quantitative estimate of drug-likeness (QED) is 0.844. The molecule has 88 valence electrons. The average Bonchev–Trinajstić information content (AvgIpc) is 2.27. The van der Waals surface area contributed by atoms with Crippen LogP contribution in [0.15, 0.2) is 24.3 Å². The molecule has 0 aliphatic heterocycles. The molecule has 0 spiro atoms. The minimum atomic E-state index is -0.393. The highest BCUT2D eigenvalue weighted by molar-refractivity contribution is 5.96. The summed E-state index contributed by atoms with van der Waals surface area (Å²) in [6, 6.07) is 7.46. The Morgan fingerprint density at radius 1 is 1.50 bits per heavy atom. The van der Waals surface area contributed by atoms with E-state index in [1.165, 1.54) is 0 Å². The molecular formula is C13H20N2O. The first-order valence-electron chi connectivity index (χ1n) is 5.66. The van der Waals surface area contributed by atoms with Crippen LogP contribution in [0, 0.1) is 6.92 Å². The van der Waals surface area contributed by atoms with Crippen LogP contribution in [0.3, 0.4) is 0 Å². The van der Waals surface area contributed by atoms with Crippen molar-refractivity contribution in [2.24, 2.45) is 5.73 Å². The highest BCUT2D eigenvalue weighted by Gasteiger charge is 2.18. The largest absolute Gasteiger partial charge is 0.320 e. The zero-order valence-electron chi connectivity index (χ0n) is 10.2. The summed E-state index contributed by atoms with van der Waals surface area (Å²) in [5.41, 5.74) is 7.85. The Hall–Kier alpha value is -1.35. The maximum Gasteiger partial charge on any atom is 0.243 e. The summed E-state index contributed by atoms with van der Waals surface area (Å²) in [6.07, 6.45) is 1.66. The molecule has 3 nitrogen and oxygen atoms in total. The molecule has 0 aliphatic carbocycles. The molecule has 0 fully saturated rings. The van der Waals surface area contributed by atoms with Crippen molar-refractivity contribution < 1.29 is 4.79 Å². The van der Waals surface area contributed by atoms with E-state index in [4.69, 9.17) is 5.73 Å². The van der Waals surface area contributed by atoms with Crippen molar-refractivity contribution in [1.29, 1.82) is 0 Å². The Balaban J connectivity index is 2.77. The van der Waals surface area contributed by atoms with Crippen LogP contribution in [0.25, 0.3) is 0 Å². The number of carbonyl (C=O) groups is 1. The topological polar surface area (TPSA) is 46.3 Å². The molecule has 1 aromatic rings. The predicted octanol–water partition coefficient (Wildman–Crippen LogP) is 2.09. The molecule has 2 N–H and O–H groups in total. The van der Waals surface area contributed by atoms with Crippen LogP contribution in [0.4, 0.5) is 5.69 Å². The van der Waals surface area contributed by atoms with Crippen LogP contribution in [-0.2, 0) is 4.79 Å². The highest BCUT2D eigenvalue weighted by atomic mass is 16.2. The fraction of sp³-hybridized carbons (Fsp3) is 0.462. The van der Waals surface area contributed by atoms with E-state index in [0.29, 0.717) is 0 Å². The second-order valence-electron chi connectivity index (χ2n) is 4.13. The minimum Gasteiger partial charge on any atom is -0.320 e. The van der Waals surface area contributed by atoms with Crippen molar-refractivity contribution in [2.45, 2.75) is 32.7 Å². The molecule has 1 aromatic carbocycles. The van der Waals surface area contributed by atoms with Gasteiger partial charge in [-0.25, -0.2) is 0 Å². The van der Waals surface area contributed by atoms with E-state index in [0.717, 1.165) is 24.1 Å². The zero-order valence-corrected chi connectivity index (χ0v) is 10.2. The van der Waals surface area contributed by atoms with Crippen LogP contribution in [-0.4, -0.2) is 19.0 Å². The van der Waals surface area contributed by atoms with Gasteiger partial charge in [0, 0.05) is 12.7 Å². The summed E-state index contributed by atoms with van der Waals surface area (Å²) < 4.78 is 0. The second kappa shape index (κ2) is 5.66. The number of benzene rings is 1. The summed E-state index contributed by atoms with van der Waals surface area (Å²) in [4.78, 5) is 13.6. The van der Waals surface area contributed by atoms with Gasteiger partial charge in [-0.05, 0) is 31.0 Å². The van der Waals surface area contributed by atoms with Crippen molar-refractivity contribution in [1.82, 2.24) is 0 Å². The van der Waals surface area contributed by atoms with Gasteiger partial charge in [0.15, 0.2) is 0 Å². The van der Waals surface area contributed by atoms with E-state index in [9.17, 15) is 4.79 Å². The Morgan fingerprint density at radius 3 is 2.75 bits per heavy atom. The van der Waals surface area contributed by atoms with E-state index in [2.05, 4.69) is 0 Å². The van der Waals surface area contributed by atoms with E-state index in [1.54, 1.807) is 11.9 Å². The zero-order chi connectivity index (χ0) is 12.1. The number of hydrogen-bond acceptors (Lipinski definition) is 2. The number of anilines is 1. The molecule has 0 aliphatic rings. The van der Waals surface area contributed by atoms with Crippen LogP contribution in [0.1, 0.15) is 25.3 Å². The molecule has 0 aromatic heterocycles. The molecule has 0 radical (unpaired) electrons. The molecule has 0 heterocycles. The monoisotopic (exact) mass is 220 g/mol. The normalized spacial score (nSPS) is 12.2. The third-order valence-corrected chi connectivity index (χ3v) is 2.64. The van der Waals surface area contributed by atoms with Crippen LogP contribution < -0.4 is 10.6 Å². The minimum absolute atomic E-state index is 0.0209. The first-order chi connectivity index (χ1) is 7.56. The van der Waals surface area contributed by atoms with Gasteiger partial charge in [-0.1, -0.05) is 25.5 Å². The highest BCUT2D eigenvalue weighted by Crippen LogP contribution is 2.15. The number of carbonyl (C=O) groups excluding carboxylic acids is 1. The predicted molar refractivity (Wildman–Crippen MR) is 67.5 cm³/mol. The standard InChI is InChI=1S/C13H20N2O/c1-4-6-12(14)13(16)15(3)11-8-5-7-10(2)9-11/h5,7-9,12H,4,6,14H2,1-3H3. The molecule has 0 bridgehead atoms. The molecule has 3 heteroatoms. The van der Waals surface area contributed by atoms with Crippen molar-refractivity contribution in [3.8, 4) is 0 Å². The number of rotatable bonds is 4. The van der Waals surface area contributed by atoms with E-state index in [-0.39, 0.29) is 5.91 Å². The fourth-order valence-electron chi connectivity index (χ4n) is 1.65. The summed E-state index contributed by atoms with van der Waals surface area (Å²) in [6.45, 7) is 4.04. The molecule has 1 atom stereocenters. The number of amides is 1. The van der Waals surface area contributed by atoms with Crippen molar-refractivity contribution in [3.63, 3.8) is 0 Å². The van der Waals surface area contributed by atoms with E-state index in [1.807, 2.05) is 38.1 Å². The molecular weight excluding hydrogens is 200 g/mol. The van der Waals surface area contributed by atoms with Gasteiger partial charge in [0.1, 0.15) is 0 Å². The van der Waals surface area contributed by atoms with Crippen molar-refractivity contribution >= 4 is 11.6 Å². The molecule has 1 rings (SSSR count). The van der Waals surface area contributed by atoms with Gasteiger partial charge in [-0.2, -0.15) is 0 Å². The molecule has 0 saturated heterocycles. The van der Waals surface area contributed by atoms with Gasteiger partial charge in [-0.15, -0.1) is 0 Å². The lowest BCUT2D eigenvalue weighted by Gasteiger charge is -2.21. The van der Waals surface area contributed by atoms with E-state index >= 15 is 0 Å². The summed E-state index contributed by atoms with van der Waals surface area (Å²) in [5.74, 6) is -0.0209. The maximum atomic E-state index is 11.9. The first-order valence-corrected chi connectivity index (χ1v) is 5.66. The van der Waals surface area contributed by atoms with Crippen molar-refractivity contribution in [2.75, 3.05) is 11.9 Å². The first kappa shape index (κ1) is 12.7. The number of nitrogens with zero attached hydrogens (tertiary/aromatic N) is 1. The Bertz CT molecular complexity index is 363. The van der Waals surface area contributed by atoms with Crippen LogP contribution in [0.2, 0.25) is 0 Å². The average molecular weight is 220 g/mol. The number of aryl methyl sites for hydroxylation is 1. The Kier molecular flexibility index (Phi) is 4.50. The Labute approximate surface area is 97.2 Å². The lowest BCUT2D eigenvalue weighted by molar-refractivity contribution is -0.119. The SMILES string of the molecule is CCCC(N)C(=O)N(C)c1cccc(C)c1. The third-order valence-electron chi connectivity index (χ3n) is 2.64. The van der Waals surface area contributed by atoms with Gasteiger partial charge in [0.05, 0.1) is 6.04 Å². The summed E-state index contributed by atoms with van der Waals surface area (Å²) in [5, 5.41) is 0. The molecule has 1 amide bonds. The van der Waals surface area contributed by atoms with Gasteiger partial charge >= 0.3 is 0 Å². The second-order valence-corrected chi connectivity index (χ2v) is 4.13. The van der Waals surface area contributed by atoms with Gasteiger partial charge in [0.2, 0.25) is 5.91 Å². The lowest BCUT2D eigenvalue weighted by atomic mass is 10.1. The number of nitrogens with two attached hydrogens (primary N) is 1. The van der Waals surface area contributed by atoms with E-state index < -0.39 is 6.04 Å². The van der Waals surface area contributed by atoms with Crippen LogP contribution in [0.5, 0.6) is 0 Å². The lowest BCUT2D eigenvalue weighted by Crippen LogP contribution is -2.41. The number of likely N-dealkylation sites (N-methyl/N-ethyl adjacent to an activating group) is 1.